The predicted molar refractivity (Wildman–Crippen MR) is 95.1 cm³/mol. The Morgan fingerprint density at radius 1 is 1.21 bits per heavy atom. The van der Waals surface area contributed by atoms with Crippen molar-refractivity contribution in [1.29, 1.82) is 0 Å². The van der Waals surface area contributed by atoms with Crippen molar-refractivity contribution in [3.05, 3.63) is 29.8 Å². The number of carboxylic acid groups (broad SMARTS) is 1. The molecular weight excluding hydrogens is 304 g/mol. The standard InChI is InChI=1S/C19H28N2O3/c1-13-9-14(18(23)24)11-21(10-13)12-17(22)20-16-7-5-15(6-8-16)19(2,3)4/h5-8,13-14H,9-12H2,1-4H3,(H,20,22)(H,23,24). The van der Waals surface area contributed by atoms with Crippen molar-refractivity contribution in [2.45, 2.75) is 39.5 Å². The maximum Gasteiger partial charge on any atom is 0.307 e. The Hall–Kier alpha value is -1.88. The maximum absolute atomic E-state index is 12.2. The van der Waals surface area contributed by atoms with Crippen molar-refractivity contribution in [3.8, 4) is 0 Å². The predicted octanol–water partition coefficient (Wildman–Crippen LogP) is 2.97. The van der Waals surface area contributed by atoms with Gasteiger partial charge in [-0.2, -0.15) is 0 Å². The van der Waals surface area contributed by atoms with Crippen molar-refractivity contribution in [2.24, 2.45) is 11.8 Å². The molecule has 0 aromatic heterocycles. The minimum Gasteiger partial charge on any atom is -0.481 e. The highest BCUT2D eigenvalue weighted by Crippen LogP contribution is 2.24. The van der Waals surface area contributed by atoms with Crippen LogP contribution in [0.3, 0.4) is 0 Å². The highest BCUT2D eigenvalue weighted by molar-refractivity contribution is 5.92. The number of hydrogen-bond donors (Lipinski definition) is 2. The normalized spacial score (nSPS) is 22.2. The van der Waals surface area contributed by atoms with E-state index in [2.05, 4.69) is 26.1 Å². The first-order valence-corrected chi connectivity index (χ1v) is 8.50. The van der Waals surface area contributed by atoms with Crippen LogP contribution < -0.4 is 5.32 Å². The fourth-order valence-electron chi connectivity index (χ4n) is 3.23. The van der Waals surface area contributed by atoms with Crippen LogP contribution in [0.15, 0.2) is 24.3 Å². The average molecular weight is 332 g/mol. The molecular formula is C19H28N2O3. The van der Waals surface area contributed by atoms with Crippen LogP contribution in [0.4, 0.5) is 5.69 Å². The smallest absolute Gasteiger partial charge is 0.307 e. The largest absolute Gasteiger partial charge is 0.481 e. The molecule has 2 N–H and O–H groups in total. The fraction of sp³-hybridized carbons (Fsp3) is 0.579. The van der Waals surface area contributed by atoms with Gasteiger partial charge in [0.1, 0.15) is 0 Å². The fourth-order valence-corrected chi connectivity index (χ4v) is 3.23. The Morgan fingerprint density at radius 3 is 2.38 bits per heavy atom. The zero-order valence-electron chi connectivity index (χ0n) is 15.0. The highest BCUT2D eigenvalue weighted by Gasteiger charge is 2.30. The molecule has 1 saturated heterocycles. The molecule has 0 radical (unpaired) electrons. The molecule has 1 aliphatic heterocycles. The van der Waals surface area contributed by atoms with Crippen LogP contribution in [0.25, 0.3) is 0 Å². The lowest BCUT2D eigenvalue weighted by atomic mass is 9.87. The van der Waals surface area contributed by atoms with Crippen molar-refractivity contribution in [3.63, 3.8) is 0 Å². The molecule has 2 unspecified atom stereocenters. The Kier molecular flexibility index (Phi) is 5.65. The molecule has 0 bridgehead atoms. The van der Waals surface area contributed by atoms with Crippen LogP contribution in [-0.2, 0) is 15.0 Å². The number of nitrogens with zero attached hydrogens (tertiary/aromatic N) is 1. The zero-order chi connectivity index (χ0) is 17.9. The lowest BCUT2D eigenvalue weighted by molar-refractivity contribution is -0.144. The first-order chi connectivity index (χ1) is 11.1. The molecule has 1 heterocycles. The summed E-state index contributed by atoms with van der Waals surface area (Å²) in [5.41, 5.74) is 2.07. The van der Waals surface area contributed by atoms with Crippen molar-refractivity contribution in [1.82, 2.24) is 4.90 Å². The summed E-state index contributed by atoms with van der Waals surface area (Å²) in [7, 11) is 0. The number of carbonyl (C=O) groups excluding carboxylic acids is 1. The van der Waals surface area contributed by atoms with E-state index in [9.17, 15) is 14.7 Å². The van der Waals surface area contributed by atoms with Crippen LogP contribution in [0.5, 0.6) is 0 Å². The molecule has 1 aliphatic rings. The minimum atomic E-state index is -0.773. The molecule has 2 atom stereocenters. The van der Waals surface area contributed by atoms with Gasteiger partial charge in [0.05, 0.1) is 12.5 Å². The Morgan fingerprint density at radius 2 is 1.83 bits per heavy atom. The van der Waals surface area contributed by atoms with Gasteiger partial charge in [-0.25, -0.2) is 0 Å². The van der Waals surface area contributed by atoms with E-state index in [0.717, 1.165) is 12.2 Å². The highest BCUT2D eigenvalue weighted by atomic mass is 16.4. The number of aliphatic carboxylic acids is 1. The summed E-state index contributed by atoms with van der Waals surface area (Å²) < 4.78 is 0. The van der Waals surface area contributed by atoms with Crippen molar-refractivity contribution >= 4 is 17.6 Å². The van der Waals surface area contributed by atoms with E-state index >= 15 is 0 Å². The summed E-state index contributed by atoms with van der Waals surface area (Å²) in [4.78, 5) is 25.4. The van der Waals surface area contributed by atoms with E-state index in [-0.39, 0.29) is 23.8 Å². The molecule has 0 saturated carbocycles. The molecule has 2 rings (SSSR count). The second kappa shape index (κ2) is 7.34. The van der Waals surface area contributed by atoms with Gasteiger partial charge in [-0.3, -0.25) is 14.5 Å². The van der Waals surface area contributed by atoms with Gasteiger partial charge in [-0.15, -0.1) is 0 Å². The molecule has 1 aromatic rings. The summed E-state index contributed by atoms with van der Waals surface area (Å²) in [6.45, 7) is 9.92. The molecule has 0 spiro atoms. The molecule has 1 fully saturated rings. The van der Waals surface area contributed by atoms with Crippen LogP contribution in [0, 0.1) is 11.8 Å². The number of carbonyl (C=O) groups is 2. The van der Waals surface area contributed by atoms with Gasteiger partial charge in [-0.05, 0) is 35.4 Å². The first kappa shape index (κ1) is 18.5. The quantitative estimate of drug-likeness (QED) is 0.889. The number of anilines is 1. The Balaban J connectivity index is 1.92. The lowest BCUT2D eigenvalue weighted by Crippen LogP contribution is -2.45. The third kappa shape index (κ3) is 5.06. The van der Waals surface area contributed by atoms with Crippen molar-refractivity contribution < 1.29 is 14.7 Å². The Bertz CT molecular complexity index is 590. The Labute approximate surface area is 144 Å². The molecule has 132 valence electrons. The molecule has 0 aliphatic carbocycles. The zero-order valence-corrected chi connectivity index (χ0v) is 15.0. The van der Waals surface area contributed by atoms with Gasteiger partial charge in [0.15, 0.2) is 0 Å². The van der Waals surface area contributed by atoms with E-state index in [0.29, 0.717) is 18.9 Å². The number of hydrogen-bond acceptors (Lipinski definition) is 3. The summed E-state index contributed by atoms with van der Waals surface area (Å²) in [5, 5.41) is 12.1. The molecule has 24 heavy (non-hydrogen) atoms. The van der Waals surface area contributed by atoms with Crippen LogP contribution in [-0.4, -0.2) is 41.5 Å². The van der Waals surface area contributed by atoms with E-state index in [1.807, 2.05) is 36.1 Å². The van der Waals surface area contributed by atoms with Crippen LogP contribution in [0.2, 0.25) is 0 Å². The van der Waals surface area contributed by atoms with Gasteiger partial charge in [0.25, 0.3) is 0 Å². The van der Waals surface area contributed by atoms with Gasteiger partial charge >= 0.3 is 5.97 Å². The number of nitrogens with one attached hydrogen (secondary N) is 1. The second-order valence-corrected chi connectivity index (χ2v) is 7.95. The summed E-state index contributed by atoms with van der Waals surface area (Å²) in [5.74, 6) is -0.965. The average Bonchev–Trinajstić information content (AvgIpc) is 2.46. The van der Waals surface area contributed by atoms with Gasteiger partial charge in [0.2, 0.25) is 5.91 Å². The van der Waals surface area contributed by atoms with Crippen LogP contribution >= 0.6 is 0 Å². The molecule has 5 heteroatoms. The number of carboxylic acids is 1. The summed E-state index contributed by atoms with van der Waals surface area (Å²) in [6, 6.07) is 7.88. The van der Waals surface area contributed by atoms with Crippen LogP contribution in [0.1, 0.15) is 39.7 Å². The summed E-state index contributed by atoms with van der Waals surface area (Å²) >= 11 is 0. The van der Waals surface area contributed by atoms with Gasteiger partial charge in [0, 0.05) is 18.8 Å². The van der Waals surface area contributed by atoms with Crippen molar-refractivity contribution in [2.75, 3.05) is 25.0 Å². The van der Waals surface area contributed by atoms with E-state index in [1.54, 1.807) is 0 Å². The van der Waals surface area contributed by atoms with E-state index in [1.165, 1.54) is 5.56 Å². The monoisotopic (exact) mass is 332 g/mol. The molecule has 1 amide bonds. The first-order valence-electron chi connectivity index (χ1n) is 8.50. The number of amides is 1. The number of rotatable bonds is 4. The topological polar surface area (TPSA) is 69.6 Å². The number of piperidine rings is 1. The second-order valence-electron chi connectivity index (χ2n) is 7.95. The number of benzene rings is 1. The van der Waals surface area contributed by atoms with Gasteiger partial charge in [-0.1, -0.05) is 39.8 Å². The third-order valence-electron chi connectivity index (χ3n) is 4.49. The SMILES string of the molecule is CC1CC(C(=O)O)CN(CC(=O)Nc2ccc(C(C)(C)C)cc2)C1. The molecule has 1 aromatic carbocycles. The number of likely N-dealkylation sites (tertiary alicyclic amines) is 1. The lowest BCUT2D eigenvalue weighted by Gasteiger charge is -2.34. The minimum absolute atomic E-state index is 0.0817. The van der Waals surface area contributed by atoms with E-state index < -0.39 is 5.97 Å². The van der Waals surface area contributed by atoms with E-state index in [4.69, 9.17) is 0 Å². The van der Waals surface area contributed by atoms with Gasteiger partial charge < -0.3 is 10.4 Å². The molecule has 5 nitrogen and oxygen atoms in total. The summed E-state index contributed by atoms with van der Waals surface area (Å²) in [6.07, 6.45) is 0.682. The maximum atomic E-state index is 12.2. The third-order valence-corrected chi connectivity index (χ3v) is 4.49.